The van der Waals surface area contributed by atoms with Crippen molar-refractivity contribution < 1.29 is 14.3 Å². The van der Waals surface area contributed by atoms with Gasteiger partial charge < -0.3 is 10.1 Å². The van der Waals surface area contributed by atoms with E-state index in [1.807, 2.05) is 38.1 Å². The van der Waals surface area contributed by atoms with Crippen LogP contribution in [0.4, 0.5) is 0 Å². The molecule has 0 bridgehead atoms. The van der Waals surface area contributed by atoms with Crippen molar-refractivity contribution in [3.63, 3.8) is 0 Å². The van der Waals surface area contributed by atoms with Crippen LogP contribution in [0, 0.1) is 13.8 Å². The van der Waals surface area contributed by atoms with Gasteiger partial charge in [0.05, 0.1) is 0 Å². The van der Waals surface area contributed by atoms with Gasteiger partial charge in [-0.05, 0) is 37.6 Å². The standard InChI is InChI=1S/C17H17NO3/c1-12-7-9-14(10-8-12)17(20)18-11-16(19)21-15-6-4-3-5-13(15)2/h3-10H,11H2,1-2H3,(H,18,20). The molecule has 21 heavy (non-hydrogen) atoms. The van der Waals surface area contributed by atoms with Gasteiger partial charge in [0.25, 0.3) is 5.91 Å². The van der Waals surface area contributed by atoms with Crippen LogP contribution in [0.5, 0.6) is 5.75 Å². The molecular weight excluding hydrogens is 266 g/mol. The molecule has 4 nitrogen and oxygen atoms in total. The van der Waals surface area contributed by atoms with Crippen LogP contribution in [0.2, 0.25) is 0 Å². The van der Waals surface area contributed by atoms with Gasteiger partial charge >= 0.3 is 5.97 Å². The molecule has 0 unspecified atom stereocenters. The topological polar surface area (TPSA) is 55.4 Å². The summed E-state index contributed by atoms with van der Waals surface area (Å²) in [7, 11) is 0. The highest BCUT2D eigenvalue weighted by Crippen LogP contribution is 2.16. The van der Waals surface area contributed by atoms with E-state index in [9.17, 15) is 9.59 Å². The van der Waals surface area contributed by atoms with E-state index in [0.29, 0.717) is 11.3 Å². The predicted octanol–water partition coefficient (Wildman–Crippen LogP) is 2.64. The van der Waals surface area contributed by atoms with Crippen LogP contribution in [0.3, 0.4) is 0 Å². The summed E-state index contributed by atoms with van der Waals surface area (Å²) in [6.45, 7) is 3.63. The van der Waals surface area contributed by atoms with E-state index >= 15 is 0 Å². The van der Waals surface area contributed by atoms with Crippen molar-refractivity contribution in [3.05, 3.63) is 65.2 Å². The second kappa shape index (κ2) is 6.70. The summed E-state index contributed by atoms with van der Waals surface area (Å²) < 4.78 is 5.20. The lowest BCUT2D eigenvalue weighted by molar-refractivity contribution is -0.133. The molecule has 0 radical (unpaired) electrons. The maximum atomic E-state index is 11.9. The summed E-state index contributed by atoms with van der Waals surface area (Å²) in [5.41, 5.74) is 2.46. The molecule has 108 valence electrons. The van der Waals surface area contributed by atoms with Crippen molar-refractivity contribution in [2.24, 2.45) is 0 Å². The Morgan fingerprint density at radius 2 is 1.67 bits per heavy atom. The van der Waals surface area contributed by atoms with E-state index in [1.54, 1.807) is 24.3 Å². The normalized spacial score (nSPS) is 10.0. The zero-order valence-corrected chi connectivity index (χ0v) is 12.1. The number of rotatable bonds is 4. The first kappa shape index (κ1) is 14.8. The van der Waals surface area contributed by atoms with Gasteiger partial charge in [-0.25, -0.2) is 4.79 Å². The number of nitrogens with one attached hydrogen (secondary N) is 1. The zero-order chi connectivity index (χ0) is 15.2. The Morgan fingerprint density at radius 1 is 1.00 bits per heavy atom. The molecule has 0 saturated carbocycles. The van der Waals surface area contributed by atoms with Crippen LogP contribution in [0.25, 0.3) is 0 Å². The average Bonchev–Trinajstić information content (AvgIpc) is 2.48. The van der Waals surface area contributed by atoms with E-state index in [1.165, 1.54) is 0 Å². The van der Waals surface area contributed by atoms with Gasteiger partial charge in [-0.1, -0.05) is 35.9 Å². The molecule has 2 aromatic carbocycles. The van der Waals surface area contributed by atoms with Crippen LogP contribution in [-0.4, -0.2) is 18.4 Å². The van der Waals surface area contributed by atoms with Crippen LogP contribution in [-0.2, 0) is 4.79 Å². The van der Waals surface area contributed by atoms with Gasteiger partial charge in [-0.2, -0.15) is 0 Å². The maximum Gasteiger partial charge on any atom is 0.330 e. The summed E-state index contributed by atoms with van der Waals surface area (Å²) >= 11 is 0. The molecular formula is C17H17NO3. The number of benzene rings is 2. The second-order valence-corrected chi connectivity index (χ2v) is 4.79. The Balaban J connectivity index is 1.88. The van der Waals surface area contributed by atoms with E-state index in [4.69, 9.17) is 4.74 Å². The van der Waals surface area contributed by atoms with Crippen LogP contribution >= 0.6 is 0 Å². The Morgan fingerprint density at radius 3 is 2.33 bits per heavy atom. The Labute approximate surface area is 123 Å². The Hall–Kier alpha value is -2.62. The highest BCUT2D eigenvalue weighted by atomic mass is 16.5. The Kier molecular flexibility index (Phi) is 4.72. The highest BCUT2D eigenvalue weighted by molar-refractivity contribution is 5.96. The van der Waals surface area contributed by atoms with Crippen LogP contribution in [0.15, 0.2) is 48.5 Å². The molecule has 0 fully saturated rings. The summed E-state index contributed by atoms with van der Waals surface area (Å²) in [5.74, 6) is -0.284. The summed E-state index contributed by atoms with van der Waals surface area (Å²) in [6, 6.07) is 14.4. The SMILES string of the molecule is Cc1ccc(C(=O)NCC(=O)Oc2ccccc2C)cc1. The number of esters is 1. The minimum atomic E-state index is -0.496. The van der Waals surface area contributed by atoms with Crippen LogP contribution in [0.1, 0.15) is 21.5 Å². The van der Waals surface area contributed by atoms with Gasteiger partial charge in [0.1, 0.15) is 12.3 Å². The number of para-hydroxylation sites is 1. The minimum absolute atomic E-state index is 0.166. The molecule has 0 aliphatic carbocycles. The van der Waals surface area contributed by atoms with Crippen LogP contribution < -0.4 is 10.1 Å². The average molecular weight is 283 g/mol. The first-order valence-electron chi connectivity index (χ1n) is 6.67. The van der Waals surface area contributed by atoms with Crippen molar-refractivity contribution in [2.75, 3.05) is 6.54 Å². The first-order valence-corrected chi connectivity index (χ1v) is 6.67. The number of aryl methyl sites for hydroxylation is 2. The molecule has 0 heterocycles. The van der Waals surface area contributed by atoms with Crippen molar-refractivity contribution in [2.45, 2.75) is 13.8 Å². The molecule has 1 N–H and O–H groups in total. The molecule has 0 spiro atoms. The smallest absolute Gasteiger partial charge is 0.330 e. The van der Waals surface area contributed by atoms with Gasteiger partial charge in [-0.3, -0.25) is 4.79 Å². The number of carbonyl (C=O) groups is 2. The van der Waals surface area contributed by atoms with E-state index < -0.39 is 5.97 Å². The molecule has 0 atom stereocenters. The largest absolute Gasteiger partial charge is 0.425 e. The summed E-state index contributed by atoms with van der Waals surface area (Å²) in [6.07, 6.45) is 0. The van der Waals surface area contributed by atoms with Crippen molar-refractivity contribution in [3.8, 4) is 5.75 Å². The van der Waals surface area contributed by atoms with Gasteiger partial charge in [0.15, 0.2) is 0 Å². The predicted molar refractivity (Wildman–Crippen MR) is 80.3 cm³/mol. The highest BCUT2D eigenvalue weighted by Gasteiger charge is 2.10. The maximum absolute atomic E-state index is 11.9. The van der Waals surface area contributed by atoms with Crippen molar-refractivity contribution in [1.82, 2.24) is 5.32 Å². The number of ether oxygens (including phenoxy) is 1. The van der Waals surface area contributed by atoms with Gasteiger partial charge in [0, 0.05) is 5.56 Å². The quantitative estimate of drug-likeness (QED) is 0.693. The molecule has 0 aromatic heterocycles. The molecule has 0 aliphatic heterocycles. The molecule has 2 rings (SSSR count). The number of hydrogen-bond donors (Lipinski definition) is 1. The van der Waals surface area contributed by atoms with Crippen molar-refractivity contribution >= 4 is 11.9 Å². The molecule has 0 aliphatic rings. The lowest BCUT2D eigenvalue weighted by atomic mass is 10.1. The van der Waals surface area contributed by atoms with Crippen molar-refractivity contribution in [1.29, 1.82) is 0 Å². The van der Waals surface area contributed by atoms with E-state index in [0.717, 1.165) is 11.1 Å². The number of amides is 1. The second-order valence-electron chi connectivity index (χ2n) is 4.79. The fourth-order valence-corrected chi connectivity index (χ4v) is 1.79. The molecule has 0 saturated heterocycles. The summed E-state index contributed by atoms with van der Waals surface area (Å²) in [5, 5.41) is 2.54. The lowest BCUT2D eigenvalue weighted by Gasteiger charge is -2.08. The molecule has 2 aromatic rings. The number of hydrogen-bond acceptors (Lipinski definition) is 3. The number of carbonyl (C=O) groups excluding carboxylic acids is 2. The molecule has 4 heteroatoms. The van der Waals surface area contributed by atoms with Gasteiger partial charge in [-0.15, -0.1) is 0 Å². The lowest BCUT2D eigenvalue weighted by Crippen LogP contribution is -2.31. The molecule has 1 amide bonds. The van der Waals surface area contributed by atoms with E-state index in [2.05, 4.69) is 5.32 Å². The monoisotopic (exact) mass is 283 g/mol. The third-order valence-corrected chi connectivity index (χ3v) is 3.02. The Bertz CT molecular complexity index is 647. The fourth-order valence-electron chi connectivity index (χ4n) is 1.79. The minimum Gasteiger partial charge on any atom is -0.425 e. The first-order chi connectivity index (χ1) is 10.1. The zero-order valence-electron chi connectivity index (χ0n) is 12.1. The third-order valence-electron chi connectivity index (χ3n) is 3.02. The third kappa shape index (κ3) is 4.18. The van der Waals surface area contributed by atoms with Gasteiger partial charge in [0.2, 0.25) is 0 Å². The van der Waals surface area contributed by atoms with E-state index in [-0.39, 0.29) is 12.5 Å². The fraction of sp³-hybridized carbons (Fsp3) is 0.176. The summed E-state index contributed by atoms with van der Waals surface area (Å²) in [4.78, 5) is 23.6.